The second-order valence-electron chi connectivity index (χ2n) is 8.05. The van der Waals surface area contributed by atoms with Crippen molar-refractivity contribution in [2.75, 3.05) is 58.9 Å². The van der Waals surface area contributed by atoms with Gasteiger partial charge in [-0.05, 0) is 25.0 Å². The van der Waals surface area contributed by atoms with Gasteiger partial charge >= 0.3 is 0 Å². The Morgan fingerprint density at radius 1 is 1.18 bits per heavy atom. The zero-order chi connectivity index (χ0) is 19.8. The summed E-state index contributed by atoms with van der Waals surface area (Å²) >= 11 is 0. The fourth-order valence-corrected chi connectivity index (χ4v) is 4.31. The van der Waals surface area contributed by atoms with Crippen LogP contribution in [0, 0.1) is 0 Å². The van der Waals surface area contributed by atoms with Crippen LogP contribution in [0.15, 0.2) is 23.2 Å². The first-order chi connectivity index (χ1) is 13.6. The van der Waals surface area contributed by atoms with Crippen LogP contribution < -0.4 is 15.5 Å². The summed E-state index contributed by atoms with van der Waals surface area (Å²) in [5.74, 6) is 1.81. The van der Waals surface area contributed by atoms with Gasteiger partial charge in [0, 0.05) is 46.3 Å². The third-order valence-corrected chi connectivity index (χ3v) is 5.96. The Balaban J connectivity index is 1.58. The van der Waals surface area contributed by atoms with Crippen molar-refractivity contribution < 1.29 is 4.74 Å². The molecule has 2 fully saturated rings. The summed E-state index contributed by atoms with van der Waals surface area (Å²) in [6.45, 7) is 5.36. The van der Waals surface area contributed by atoms with E-state index < -0.39 is 0 Å². The molecule has 2 heterocycles. The SMILES string of the molecule is CN=C(NCc1cccc(N(C)C)n1)NCC1(N2CCOCC2)CCCCC1. The maximum Gasteiger partial charge on any atom is 0.191 e. The molecule has 0 atom stereocenters. The van der Waals surface area contributed by atoms with E-state index in [4.69, 9.17) is 4.74 Å². The van der Waals surface area contributed by atoms with E-state index in [1.807, 2.05) is 44.2 Å². The maximum atomic E-state index is 5.59. The molecule has 7 nitrogen and oxygen atoms in total. The van der Waals surface area contributed by atoms with Crippen LogP contribution in [0.1, 0.15) is 37.8 Å². The average Bonchev–Trinajstić information content (AvgIpc) is 2.75. The van der Waals surface area contributed by atoms with Crippen molar-refractivity contribution in [1.29, 1.82) is 0 Å². The van der Waals surface area contributed by atoms with Gasteiger partial charge in [-0.3, -0.25) is 9.89 Å². The van der Waals surface area contributed by atoms with Crippen molar-refractivity contribution in [3.63, 3.8) is 0 Å². The Labute approximate surface area is 169 Å². The number of aromatic nitrogens is 1. The first kappa shape index (κ1) is 20.9. The summed E-state index contributed by atoms with van der Waals surface area (Å²) in [5.41, 5.74) is 1.23. The minimum atomic E-state index is 0.225. The third kappa shape index (κ3) is 5.35. The lowest BCUT2D eigenvalue weighted by molar-refractivity contribution is -0.0352. The number of hydrogen-bond donors (Lipinski definition) is 2. The summed E-state index contributed by atoms with van der Waals surface area (Å²) in [6, 6.07) is 6.11. The molecule has 2 aliphatic rings. The van der Waals surface area contributed by atoms with Gasteiger partial charge in [-0.2, -0.15) is 0 Å². The van der Waals surface area contributed by atoms with Gasteiger partial charge < -0.3 is 20.3 Å². The van der Waals surface area contributed by atoms with Gasteiger partial charge in [0.2, 0.25) is 0 Å². The summed E-state index contributed by atoms with van der Waals surface area (Å²) in [4.78, 5) is 13.8. The molecule has 1 saturated carbocycles. The van der Waals surface area contributed by atoms with Crippen molar-refractivity contribution in [2.45, 2.75) is 44.2 Å². The number of morpholine rings is 1. The number of pyridine rings is 1. The predicted octanol–water partition coefficient (Wildman–Crippen LogP) is 1.85. The second-order valence-corrected chi connectivity index (χ2v) is 8.05. The normalized spacial score (nSPS) is 20.6. The average molecular weight is 389 g/mol. The smallest absolute Gasteiger partial charge is 0.191 e. The summed E-state index contributed by atoms with van der Waals surface area (Å²) in [6.07, 6.45) is 6.48. The molecule has 0 amide bonds. The number of anilines is 1. The second kappa shape index (κ2) is 10.1. The van der Waals surface area contributed by atoms with Crippen LogP contribution in [0.5, 0.6) is 0 Å². The molecule has 1 aliphatic carbocycles. The van der Waals surface area contributed by atoms with Gasteiger partial charge in [0.1, 0.15) is 5.82 Å². The molecule has 2 N–H and O–H groups in total. The molecule has 3 rings (SSSR count). The zero-order valence-corrected chi connectivity index (χ0v) is 17.7. The van der Waals surface area contributed by atoms with Gasteiger partial charge in [0.25, 0.3) is 0 Å². The molecular weight excluding hydrogens is 352 g/mol. The van der Waals surface area contributed by atoms with Crippen LogP contribution in [0.25, 0.3) is 0 Å². The molecular formula is C21H36N6O. The molecule has 0 radical (unpaired) electrons. The first-order valence-electron chi connectivity index (χ1n) is 10.5. The number of nitrogens with one attached hydrogen (secondary N) is 2. The molecule has 0 spiro atoms. The van der Waals surface area contributed by atoms with Crippen molar-refractivity contribution in [3.05, 3.63) is 23.9 Å². The van der Waals surface area contributed by atoms with Crippen molar-refractivity contribution >= 4 is 11.8 Å². The zero-order valence-electron chi connectivity index (χ0n) is 17.7. The highest BCUT2D eigenvalue weighted by atomic mass is 16.5. The number of ether oxygens (including phenoxy) is 1. The van der Waals surface area contributed by atoms with Gasteiger partial charge in [0.15, 0.2) is 5.96 Å². The fraction of sp³-hybridized carbons (Fsp3) is 0.714. The molecule has 28 heavy (non-hydrogen) atoms. The number of rotatable bonds is 6. The van der Waals surface area contributed by atoms with Crippen LogP contribution >= 0.6 is 0 Å². The molecule has 7 heteroatoms. The molecule has 0 aromatic carbocycles. The van der Waals surface area contributed by atoms with Gasteiger partial charge in [-0.25, -0.2) is 4.98 Å². The van der Waals surface area contributed by atoms with Crippen LogP contribution in [0.3, 0.4) is 0 Å². The van der Waals surface area contributed by atoms with Gasteiger partial charge in [0.05, 0.1) is 25.5 Å². The van der Waals surface area contributed by atoms with Crippen LogP contribution in [0.4, 0.5) is 5.82 Å². The lowest BCUT2D eigenvalue weighted by Gasteiger charge is -2.48. The number of guanidine groups is 1. The predicted molar refractivity (Wildman–Crippen MR) is 115 cm³/mol. The summed E-state index contributed by atoms with van der Waals surface area (Å²) < 4.78 is 5.59. The minimum Gasteiger partial charge on any atom is -0.379 e. The number of nitrogens with zero attached hydrogens (tertiary/aromatic N) is 4. The van der Waals surface area contributed by atoms with E-state index in [9.17, 15) is 0 Å². The minimum absolute atomic E-state index is 0.225. The van der Waals surface area contributed by atoms with E-state index in [0.717, 1.165) is 50.3 Å². The first-order valence-corrected chi connectivity index (χ1v) is 10.5. The number of aliphatic imine (C=N–C) groups is 1. The third-order valence-electron chi connectivity index (χ3n) is 5.96. The quantitative estimate of drug-likeness (QED) is 0.573. The number of hydrogen-bond acceptors (Lipinski definition) is 5. The van der Waals surface area contributed by atoms with Crippen LogP contribution in [-0.2, 0) is 11.3 Å². The van der Waals surface area contributed by atoms with Gasteiger partial charge in [-0.1, -0.05) is 25.3 Å². The molecule has 1 aromatic rings. The van der Waals surface area contributed by atoms with Crippen molar-refractivity contribution in [2.24, 2.45) is 4.99 Å². The van der Waals surface area contributed by atoms with E-state index in [1.54, 1.807) is 0 Å². The highest BCUT2D eigenvalue weighted by molar-refractivity contribution is 5.79. The highest BCUT2D eigenvalue weighted by Crippen LogP contribution is 2.33. The lowest BCUT2D eigenvalue weighted by Crippen LogP contribution is -2.60. The van der Waals surface area contributed by atoms with E-state index >= 15 is 0 Å². The molecule has 1 aliphatic heterocycles. The lowest BCUT2D eigenvalue weighted by atomic mass is 9.80. The molecule has 1 saturated heterocycles. The van der Waals surface area contributed by atoms with E-state index in [0.29, 0.717) is 6.54 Å². The van der Waals surface area contributed by atoms with E-state index in [1.165, 1.54) is 32.1 Å². The van der Waals surface area contributed by atoms with Crippen LogP contribution in [-0.4, -0.2) is 75.4 Å². The molecule has 0 bridgehead atoms. The Hall–Kier alpha value is -1.86. The monoisotopic (exact) mass is 388 g/mol. The van der Waals surface area contributed by atoms with Crippen molar-refractivity contribution in [1.82, 2.24) is 20.5 Å². The Kier molecular flexibility index (Phi) is 7.50. The molecule has 156 valence electrons. The van der Waals surface area contributed by atoms with E-state index in [-0.39, 0.29) is 5.54 Å². The van der Waals surface area contributed by atoms with E-state index in [2.05, 4.69) is 25.5 Å². The Morgan fingerprint density at radius 2 is 1.93 bits per heavy atom. The topological polar surface area (TPSA) is 65.0 Å². The standard InChI is InChI=1S/C21H36N6O/c1-22-20(23-16-18-8-7-9-19(25-18)26(2)3)24-17-21(10-5-4-6-11-21)27-12-14-28-15-13-27/h7-9H,4-6,10-17H2,1-3H3,(H2,22,23,24). The fourth-order valence-electron chi connectivity index (χ4n) is 4.31. The largest absolute Gasteiger partial charge is 0.379 e. The Bertz CT molecular complexity index is 636. The van der Waals surface area contributed by atoms with Crippen molar-refractivity contribution in [3.8, 4) is 0 Å². The summed E-state index contributed by atoms with van der Waals surface area (Å²) in [7, 11) is 5.85. The highest BCUT2D eigenvalue weighted by Gasteiger charge is 2.38. The Morgan fingerprint density at radius 3 is 2.61 bits per heavy atom. The molecule has 0 unspecified atom stereocenters. The maximum absolute atomic E-state index is 5.59. The summed E-state index contributed by atoms with van der Waals surface area (Å²) in [5, 5.41) is 7.03. The van der Waals surface area contributed by atoms with Gasteiger partial charge in [-0.15, -0.1) is 0 Å². The van der Waals surface area contributed by atoms with Crippen LogP contribution in [0.2, 0.25) is 0 Å². The molecule has 1 aromatic heterocycles.